The molecule has 3 aliphatic rings. The molecule has 0 saturated heterocycles. The molecule has 4 heterocycles. The molecule has 0 fully saturated rings. The van der Waals surface area contributed by atoms with Crippen molar-refractivity contribution in [2.75, 3.05) is 13.7 Å². The first-order valence-electron chi connectivity index (χ1n) is 15.8. The van der Waals surface area contributed by atoms with Gasteiger partial charge in [-0.25, -0.2) is 0 Å². The van der Waals surface area contributed by atoms with E-state index in [1.807, 2.05) is 20.8 Å². The van der Waals surface area contributed by atoms with E-state index in [0.29, 0.717) is 57.8 Å². The standard InChI is InChI=1S/C35H42N4O8/c1-8-19-15(3)23(38-33(19)45)12-22-16(4)20(10-11-25(41)42)29(36-22)27-28(34(46)47-7)31(43)26-18(6)24(37-30(26)27)13-35(14-40)21(9-2)17(5)32(44)39-35/h8,23,27-28,36-37,40H,1,9-14H2,2-7H3,(H,38,45)(H,39,44)(H,41,42). The second-order valence-electron chi connectivity index (χ2n) is 12.7. The minimum atomic E-state index is -1.23. The van der Waals surface area contributed by atoms with Crippen LogP contribution in [-0.4, -0.2) is 75.0 Å². The number of esters is 1. The van der Waals surface area contributed by atoms with Gasteiger partial charge in [0.05, 0.1) is 31.2 Å². The second-order valence-corrected chi connectivity index (χ2v) is 12.7. The topological polar surface area (TPSA) is 191 Å². The molecule has 2 aromatic heterocycles. The zero-order valence-corrected chi connectivity index (χ0v) is 27.6. The normalized spacial score (nSPS) is 23.8. The van der Waals surface area contributed by atoms with Crippen molar-refractivity contribution in [1.82, 2.24) is 20.6 Å². The fourth-order valence-corrected chi connectivity index (χ4v) is 7.80. The molecule has 12 nitrogen and oxygen atoms in total. The van der Waals surface area contributed by atoms with Gasteiger partial charge in [0.25, 0.3) is 5.91 Å². The Morgan fingerprint density at radius 3 is 2.28 bits per heavy atom. The number of fused-ring (bicyclic) bond motifs is 1. The van der Waals surface area contributed by atoms with Crippen molar-refractivity contribution >= 4 is 29.5 Å². The maximum absolute atomic E-state index is 14.1. The van der Waals surface area contributed by atoms with Gasteiger partial charge in [0, 0.05) is 58.7 Å². The lowest BCUT2D eigenvalue weighted by atomic mass is 9.83. The number of carbonyl (C=O) groups excluding carboxylic acids is 4. The summed E-state index contributed by atoms with van der Waals surface area (Å²) < 4.78 is 5.12. The molecule has 0 bridgehead atoms. The molecule has 4 unspecified atom stereocenters. The molecule has 5 rings (SSSR count). The number of ether oxygens (including phenoxy) is 1. The van der Waals surface area contributed by atoms with E-state index in [4.69, 9.17) is 4.74 Å². The summed E-state index contributed by atoms with van der Waals surface area (Å²) in [5, 5.41) is 26.1. The summed E-state index contributed by atoms with van der Waals surface area (Å²) >= 11 is 0. The van der Waals surface area contributed by atoms with Gasteiger partial charge >= 0.3 is 11.9 Å². The summed E-state index contributed by atoms with van der Waals surface area (Å²) in [6.07, 6.45) is 2.58. The van der Waals surface area contributed by atoms with E-state index >= 15 is 0 Å². The summed E-state index contributed by atoms with van der Waals surface area (Å²) in [4.78, 5) is 71.2. The molecule has 0 saturated carbocycles. The van der Waals surface area contributed by atoms with Gasteiger partial charge in [0.2, 0.25) is 5.91 Å². The Kier molecular flexibility index (Phi) is 8.93. The number of rotatable bonds is 12. The van der Waals surface area contributed by atoms with E-state index in [0.717, 1.165) is 22.4 Å². The second kappa shape index (κ2) is 12.5. The van der Waals surface area contributed by atoms with Crippen LogP contribution in [0.3, 0.4) is 0 Å². The first kappa shape index (κ1) is 33.6. The first-order chi connectivity index (χ1) is 22.2. The van der Waals surface area contributed by atoms with Gasteiger partial charge in [-0.15, -0.1) is 0 Å². The zero-order valence-electron chi connectivity index (χ0n) is 27.6. The molecule has 4 atom stereocenters. The van der Waals surface area contributed by atoms with Crippen molar-refractivity contribution in [2.24, 2.45) is 5.92 Å². The van der Waals surface area contributed by atoms with E-state index < -0.39 is 35.1 Å². The number of aromatic amines is 2. The lowest BCUT2D eigenvalue weighted by Gasteiger charge is -2.30. The SMILES string of the molecule is C=CC1=C(C)C(Cc2[nH]c(C3c4[nH]c(CC5(CO)NC(=O)C(C)=C5CC)c(C)c4C(=O)C3C(=O)OC)c(CCC(=O)O)c2C)NC1=O. The molecule has 2 amide bonds. The van der Waals surface area contributed by atoms with Gasteiger partial charge < -0.3 is 35.6 Å². The maximum atomic E-state index is 14.1. The number of aliphatic hydroxyl groups excluding tert-OH is 1. The molecule has 6 N–H and O–H groups in total. The minimum absolute atomic E-state index is 0.140. The summed E-state index contributed by atoms with van der Waals surface area (Å²) in [5.41, 5.74) is 6.41. The van der Waals surface area contributed by atoms with Gasteiger partial charge in [0.1, 0.15) is 5.92 Å². The lowest BCUT2D eigenvalue weighted by Crippen LogP contribution is -2.50. The number of H-pyrrole nitrogens is 2. The molecule has 47 heavy (non-hydrogen) atoms. The summed E-state index contributed by atoms with van der Waals surface area (Å²) in [7, 11) is 1.22. The molecule has 2 aromatic rings. The highest BCUT2D eigenvalue weighted by atomic mass is 16.5. The lowest BCUT2D eigenvalue weighted by molar-refractivity contribution is -0.144. The third kappa shape index (κ3) is 5.34. The largest absolute Gasteiger partial charge is 0.481 e. The van der Waals surface area contributed by atoms with Crippen LogP contribution in [0.1, 0.15) is 89.4 Å². The number of hydrogen-bond acceptors (Lipinski definition) is 7. The van der Waals surface area contributed by atoms with Crippen molar-refractivity contribution < 1.29 is 38.9 Å². The van der Waals surface area contributed by atoms with E-state index in [1.165, 1.54) is 13.2 Å². The van der Waals surface area contributed by atoms with Crippen LogP contribution in [0.15, 0.2) is 34.9 Å². The quantitative estimate of drug-likeness (QED) is 0.150. The zero-order chi connectivity index (χ0) is 34.5. The van der Waals surface area contributed by atoms with E-state index in [1.54, 1.807) is 13.8 Å². The molecule has 0 aromatic carbocycles. The molecular weight excluding hydrogens is 604 g/mol. The number of carboxylic acids is 1. The van der Waals surface area contributed by atoms with Crippen molar-refractivity contribution in [3.63, 3.8) is 0 Å². The van der Waals surface area contributed by atoms with E-state index in [-0.39, 0.29) is 43.7 Å². The Labute approximate surface area is 272 Å². The Morgan fingerprint density at radius 1 is 1.02 bits per heavy atom. The highest BCUT2D eigenvalue weighted by Crippen LogP contribution is 2.47. The summed E-state index contributed by atoms with van der Waals surface area (Å²) in [5.74, 6) is -4.70. The van der Waals surface area contributed by atoms with Gasteiger partial charge in [-0.3, -0.25) is 24.0 Å². The third-order valence-corrected chi connectivity index (χ3v) is 10.4. The average Bonchev–Trinajstić information content (AvgIpc) is 3.75. The summed E-state index contributed by atoms with van der Waals surface area (Å²) in [6, 6.07) is -0.329. The van der Waals surface area contributed by atoms with Crippen LogP contribution in [0.25, 0.3) is 0 Å². The number of methoxy groups -OCH3 is 1. The highest BCUT2D eigenvalue weighted by Gasteiger charge is 2.51. The number of aromatic nitrogens is 2. The van der Waals surface area contributed by atoms with Crippen LogP contribution in [0.5, 0.6) is 0 Å². The number of aliphatic hydroxyl groups is 1. The number of carbonyl (C=O) groups is 5. The number of aliphatic carboxylic acids is 1. The Morgan fingerprint density at radius 2 is 1.70 bits per heavy atom. The maximum Gasteiger partial charge on any atom is 0.317 e. The Balaban J connectivity index is 1.64. The molecule has 0 radical (unpaired) electrons. The highest BCUT2D eigenvalue weighted by molar-refractivity contribution is 6.14. The first-order valence-corrected chi connectivity index (χ1v) is 15.8. The van der Waals surface area contributed by atoms with Crippen molar-refractivity contribution in [3.05, 3.63) is 80.0 Å². The number of amides is 2. The smallest absolute Gasteiger partial charge is 0.317 e. The predicted octanol–water partition coefficient (Wildman–Crippen LogP) is 2.77. The van der Waals surface area contributed by atoms with Gasteiger partial charge in [-0.1, -0.05) is 19.6 Å². The van der Waals surface area contributed by atoms with E-state index in [9.17, 15) is 34.2 Å². The molecular formula is C35H42N4O8. The van der Waals surface area contributed by atoms with Gasteiger partial charge in [-0.2, -0.15) is 0 Å². The van der Waals surface area contributed by atoms with Gasteiger partial charge in [0.15, 0.2) is 5.78 Å². The third-order valence-electron chi connectivity index (χ3n) is 10.4. The van der Waals surface area contributed by atoms with Crippen molar-refractivity contribution in [1.29, 1.82) is 0 Å². The van der Waals surface area contributed by atoms with Crippen molar-refractivity contribution in [2.45, 2.75) is 84.2 Å². The van der Waals surface area contributed by atoms with Gasteiger partial charge in [-0.05, 0) is 68.4 Å². The van der Waals surface area contributed by atoms with Crippen LogP contribution in [-0.2, 0) is 43.2 Å². The van der Waals surface area contributed by atoms with Crippen LogP contribution in [0.2, 0.25) is 0 Å². The number of carboxylic acid groups (broad SMARTS) is 1. The molecule has 1 aliphatic carbocycles. The number of hydrogen-bond donors (Lipinski definition) is 6. The van der Waals surface area contributed by atoms with Crippen molar-refractivity contribution in [3.8, 4) is 0 Å². The fraction of sp³-hybridized carbons (Fsp3) is 0.457. The fourth-order valence-electron chi connectivity index (χ4n) is 7.80. The summed E-state index contributed by atoms with van der Waals surface area (Å²) in [6.45, 7) is 12.5. The Hall–Kier alpha value is -4.71. The van der Waals surface area contributed by atoms with Crippen LogP contribution >= 0.6 is 0 Å². The molecule has 12 heteroatoms. The predicted molar refractivity (Wildman–Crippen MR) is 172 cm³/mol. The average molecular weight is 647 g/mol. The molecule has 250 valence electrons. The van der Waals surface area contributed by atoms with Crippen LogP contribution in [0, 0.1) is 19.8 Å². The minimum Gasteiger partial charge on any atom is -0.481 e. The number of ketones is 1. The monoisotopic (exact) mass is 646 g/mol. The van der Waals surface area contributed by atoms with E-state index in [2.05, 4.69) is 27.2 Å². The Bertz CT molecular complexity index is 1790. The number of nitrogens with one attached hydrogen (secondary N) is 4. The molecule has 0 spiro atoms. The van der Waals surface area contributed by atoms with Crippen LogP contribution in [0.4, 0.5) is 0 Å². The molecule has 2 aliphatic heterocycles. The van der Waals surface area contributed by atoms with Crippen LogP contribution < -0.4 is 10.6 Å². The number of Topliss-reactive ketones (excluding diaryl/α,β-unsaturated/α-hetero) is 1.